The van der Waals surface area contributed by atoms with Crippen LogP contribution in [0, 0.1) is 0 Å². The summed E-state index contributed by atoms with van der Waals surface area (Å²) in [4.78, 5) is 12.0. The predicted octanol–water partition coefficient (Wildman–Crippen LogP) is 4.86. The number of benzene rings is 2. The number of hydrogen-bond acceptors (Lipinski definition) is 4. The van der Waals surface area contributed by atoms with Crippen molar-refractivity contribution in [2.75, 3.05) is 5.75 Å². The molecule has 4 nitrogen and oxygen atoms in total. The van der Waals surface area contributed by atoms with Crippen molar-refractivity contribution in [3.05, 3.63) is 76.3 Å². The molecule has 0 saturated carbocycles. The lowest BCUT2D eigenvalue weighted by Gasteiger charge is -2.07. The van der Waals surface area contributed by atoms with E-state index in [4.69, 9.17) is 23.2 Å². The van der Waals surface area contributed by atoms with Crippen LogP contribution in [0.4, 0.5) is 0 Å². The number of halogens is 2. The Morgan fingerprint density at radius 2 is 1.73 bits per heavy atom. The van der Waals surface area contributed by atoms with Crippen molar-refractivity contribution >= 4 is 40.9 Å². The molecule has 0 fully saturated rings. The third-order valence-corrected chi connectivity index (χ3v) is 5.11. The van der Waals surface area contributed by atoms with E-state index in [1.54, 1.807) is 6.07 Å². The van der Waals surface area contributed by atoms with Crippen LogP contribution in [-0.2, 0) is 11.3 Å². The number of nitrogens with one attached hydrogen (secondary N) is 1. The second kappa shape index (κ2) is 9.03. The first-order valence-corrected chi connectivity index (χ1v) is 9.58. The Labute approximate surface area is 165 Å². The van der Waals surface area contributed by atoms with Crippen LogP contribution in [0.1, 0.15) is 5.56 Å². The molecule has 7 heteroatoms. The molecule has 0 spiro atoms. The van der Waals surface area contributed by atoms with Gasteiger partial charge in [0.05, 0.1) is 11.4 Å². The zero-order chi connectivity index (χ0) is 18.4. The fourth-order valence-electron chi connectivity index (χ4n) is 2.20. The smallest absolute Gasteiger partial charge is 0.230 e. The summed E-state index contributed by atoms with van der Waals surface area (Å²) < 4.78 is 0. The number of aromatic nitrogens is 2. The van der Waals surface area contributed by atoms with Crippen molar-refractivity contribution in [1.82, 2.24) is 15.5 Å². The van der Waals surface area contributed by atoms with Crippen molar-refractivity contribution in [3.8, 4) is 11.3 Å². The number of hydrogen-bond donors (Lipinski definition) is 1. The summed E-state index contributed by atoms with van der Waals surface area (Å²) >= 11 is 13.3. The summed E-state index contributed by atoms with van der Waals surface area (Å²) in [6, 6.07) is 18.6. The highest BCUT2D eigenvalue weighted by Gasteiger charge is 2.07. The normalized spacial score (nSPS) is 10.5. The van der Waals surface area contributed by atoms with Gasteiger partial charge in [-0.15, -0.1) is 10.2 Å². The van der Waals surface area contributed by atoms with Crippen molar-refractivity contribution in [2.24, 2.45) is 0 Å². The van der Waals surface area contributed by atoms with Crippen molar-refractivity contribution < 1.29 is 4.79 Å². The lowest BCUT2D eigenvalue weighted by Crippen LogP contribution is -2.24. The van der Waals surface area contributed by atoms with Gasteiger partial charge in [-0.1, -0.05) is 65.3 Å². The maximum atomic E-state index is 12.0. The summed E-state index contributed by atoms with van der Waals surface area (Å²) in [5.74, 6) is 0.179. The fraction of sp³-hybridized carbons (Fsp3) is 0.105. The van der Waals surface area contributed by atoms with Gasteiger partial charge < -0.3 is 5.32 Å². The molecule has 0 atom stereocenters. The summed E-state index contributed by atoms with van der Waals surface area (Å²) in [6.45, 7) is 0.403. The number of nitrogens with zero attached hydrogens (tertiary/aromatic N) is 2. The van der Waals surface area contributed by atoms with Crippen LogP contribution >= 0.6 is 35.0 Å². The topological polar surface area (TPSA) is 54.9 Å². The van der Waals surface area contributed by atoms with Gasteiger partial charge >= 0.3 is 0 Å². The van der Waals surface area contributed by atoms with Crippen molar-refractivity contribution in [3.63, 3.8) is 0 Å². The van der Waals surface area contributed by atoms with E-state index in [0.717, 1.165) is 16.8 Å². The van der Waals surface area contributed by atoms with Gasteiger partial charge in [0.15, 0.2) is 0 Å². The molecule has 0 bridgehead atoms. The maximum absolute atomic E-state index is 12.0. The quantitative estimate of drug-likeness (QED) is 0.597. The van der Waals surface area contributed by atoms with E-state index >= 15 is 0 Å². The van der Waals surface area contributed by atoms with Crippen LogP contribution in [0.2, 0.25) is 10.0 Å². The zero-order valence-corrected chi connectivity index (χ0v) is 16.0. The Kier molecular flexibility index (Phi) is 6.50. The molecule has 132 valence electrons. The molecule has 2 aromatic carbocycles. The minimum atomic E-state index is -0.0847. The molecular formula is C19H15Cl2N3OS. The summed E-state index contributed by atoms with van der Waals surface area (Å²) in [5.41, 5.74) is 2.59. The predicted molar refractivity (Wildman–Crippen MR) is 107 cm³/mol. The molecule has 3 rings (SSSR count). The molecule has 1 N–H and O–H groups in total. The van der Waals surface area contributed by atoms with Gasteiger partial charge in [0, 0.05) is 22.2 Å². The number of carbonyl (C=O) groups excluding carboxylic acids is 1. The Bertz CT molecular complexity index is 886. The van der Waals surface area contributed by atoms with Crippen molar-refractivity contribution in [1.29, 1.82) is 0 Å². The van der Waals surface area contributed by atoms with Gasteiger partial charge in [-0.05, 0) is 35.9 Å². The summed E-state index contributed by atoms with van der Waals surface area (Å²) in [7, 11) is 0. The summed E-state index contributed by atoms with van der Waals surface area (Å²) in [6.07, 6.45) is 0. The Morgan fingerprint density at radius 1 is 0.962 bits per heavy atom. The summed E-state index contributed by atoms with van der Waals surface area (Å²) in [5, 5.41) is 13.2. The molecule has 0 aliphatic heterocycles. The van der Waals surface area contributed by atoms with Crippen LogP contribution in [-0.4, -0.2) is 21.9 Å². The van der Waals surface area contributed by atoms with E-state index in [9.17, 15) is 4.79 Å². The highest BCUT2D eigenvalue weighted by atomic mass is 35.5. The van der Waals surface area contributed by atoms with Crippen LogP contribution in [0.25, 0.3) is 11.3 Å². The van der Waals surface area contributed by atoms with E-state index in [1.165, 1.54) is 11.8 Å². The molecule has 1 amide bonds. The lowest BCUT2D eigenvalue weighted by molar-refractivity contribution is -0.118. The minimum absolute atomic E-state index is 0.0847. The molecule has 26 heavy (non-hydrogen) atoms. The lowest BCUT2D eigenvalue weighted by atomic mass is 10.1. The highest BCUT2D eigenvalue weighted by molar-refractivity contribution is 7.99. The van der Waals surface area contributed by atoms with Gasteiger partial charge in [0.2, 0.25) is 5.91 Å². The maximum Gasteiger partial charge on any atom is 0.230 e. The molecule has 0 saturated heterocycles. The van der Waals surface area contributed by atoms with Crippen LogP contribution < -0.4 is 5.32 Å². The number of rotatable bonds is 6. The molecule has 0 aliphatic rings. The Balaban J connectivity index is 1.50. The third kappa shape index (κ3) is 5.21. The number of amides is 1. The van der Waals surface area contributed by atoms with E-state index in [2.05, 4.69) is 15.5 Å². The monoisotopic (exact) mass is 403 g/mol. The molecule has 0 aliphatic carbocycles. The van der Waals surface area contributed by atoms with Gasteiger partial charge in [0.1, 0.15) is 5.03 Å². The van der Waals surface area contributed by atoms with E-state index in [-0.39, 0.29) is 11.7 Å². The zero-order valence-electron chi connectivity index (χ0n) is 13.7. The largest absolute Gasteiger partial charge is 0.351 e. The van der Waals surface area contributed by atoms with Crippen LogP contribution in [0.3, 0.4) is 0 Å². The third-order valence-electron chi connectivity index (χ3n) is 3.57. The standard InChI is InChI=1S/C19H15Cl2N3OS/c20-15-7-5-13(6-8-15)17-9-10-19(24-23-17)26-12-18(25)22-11-14-3-1-2-4-16(14)21/h1-10H,11-12H2,(H,22,25). The average Bonchev–Trinajstić information content (AvgIpc) is 2.67. The highest BCUT2D eigenvalue weighted by Crippen LogP contribution is 2.21. The second-order valence-electron chi connectivity index (χ2n) is 5.42. The molecular weight excluding hydrogens is 389 g/mol. The minimum Gasteiger partial charge on any atom is -0.351 e. The second-order valence-corrected chi connectivity index (χ2v) is 7.26. The van der Waals surface area contributed by atoms with Crippen LogP contribution in [0.5, 0.6) is 0 Å². The Morgan fingerprint density at radius 3 is 2.42 bits per heavy atom. The first kappa shape index (κ1) is 18.7. The van der Waals surface area contributed by atoms with E-state index in [0.29, 0.717) is 21.6 Å². The number of carbonyl (C=O) groups is 1. The van der Waals surface area contributed by atoms with E-state index < -0.39 is 0 Å². The Hall–Kier alpha value is -2.08. The molecule has 0 unspecified atom stereocenters. The molecule has 3 aromatic rings. The van der Waals surface area contributed by atoms with Crippen molar-refractivity contribution in [2.45, 2.75) is 11.6 Å². The SMILES string of the molecule is O=C(CSc1ccc(-c2ccc(Cl)cc2)nn1)NCc1ccccc1Cl. The number of thioether (sulfide) groups is 1. The van der Waals surface area contributed by atoms with Gasteiger partial charge in [0.25, 0.3) is 0 Å². The van der Waals surface area contributed by atoms with Gasteiger partial charge in [-0.25, -0.2) is 0 Å². The average molecular weight is 404 g/mol. The van der Waals surface area contributed by atoms with Gasteiger partial charge in [-0.2, -0.15) is 0 Å². The molecule has 1 aromatic heterocycles. The van der Waals surface area contributed by atoms with Crippen LogP contribution in [0.15, 0.2) is 65.7 Å². The first-order chi connectivity index (χ1) is 12.6. The van der Waals surface area contributed by atoms with Gasteiger partial charge in [-0.3, -0.25) is 4.79 Å². The molecule has 1 heterocycles. The fourth-order valence-corrected chi connectivity index (χ4v) is 3.17. The molecule has 0 radical (unpaired) electrons. The van der Waals surface area contributed by atoms with E-state index in [1.807, 2.05) is 54.6 Å². The first-order valence-electron chi connectivity index (χ1n) is 7.84.